The van der Waals surface area contributed by atoms with Gasteiger partial charge < -0.3 is 0 Å². The van der Waals surface area contributed by atoms with Gasteiger partial charge in [-0.1, -0.05) is 54.9 Å². The molecule has 0 amide bonds. The van der Waals surface area contributed by atoms with Gasteiger partial charge in [-0.15, -0.1) is 0 Å². The average Bonchev–Trinajstić information content (AvgIpc) is 2.73. The minimum Gasteiger partial charge on any atom is -0.0651 e. The molecule has 0 aromatic rings. The fourth-order valence-electron chi connectivity index (χ4n) is 5.58. The molecule has 0 saturated heterocycles. The Morgan fingerprint density at radius 1 is 0.895 bits per heavy atom. The summed E-state index contributed by atoms with van der Waals surface area (Å²) in [6.07, 6.45) is 7.23. The summed E-state index contributed by atoms with van der Waals surface area (Å²) in [6, 6.07) is 0. The highest BCUT2D eigenvalue weighted by Gasteiger charge is 2.49. The molecule has 0 aromatic heterocycles. The van der Waals surface area contributed by atoms with Gasteiger partial charge in [-0.3, -0.25) is 0 Å². The van der Waals surface area contributed by atoms with Crippen LogP contribution in [-0.2, 0) is 0 Å². The lowest BCUT2D eigenvalue weighted by molar-refractivity contribution is 0.166. The zero-order chi connectivity index (χ0) is 14.4. The van der Waals surface area contributed by atoms with Crippen LogP contribution in [0.4, 0.5) is 0 Å². The lowest BCUT2D eigenvalue weighted by Gasteiger charge is -2.32. The molecule has 0 heterocycles. The van der Waals surface area contributed by atoms with E-state index >= 15 is 0 Å². The minimum absolute atomic E-state index is 0.589. The first-order chi connectivity index (χ1) is 8.65. The molecule has 112 valence electrons. The molecule has 2 saturated carbocycles. The van der Waals surface area contributed by atoms with Crippen LogP contribution < -0.4 is 0 Å². The lowest BCUT2D eigenvalue weighted by atomic mass is 9.73. The predicted octanol–water partition coefficient (Wildman–Crippen LogP) is 6.16. The van der Waals surface area contributed by atoms with Crippen molar-refractivity contribution >= 4 is 0 Å². The van der Waals surface area contributed by atoms with Gasteiger partial charge in [-0.2, -0.15) is 0 Å². The van der Waals surface area contributed by atoms with Gasteiger partial charge >= 0.3 is 0 Å². The maximum absolute atomic E-state index is 2.53. The molecule has 0 nitrogen and oxygen atoms in total. The molecule has 2 rings (SSSR count). The molecular formula is C19H36. The summed E-state index contributed by atoms with van der Waals surface area (Å²) in [6.45, 7) is 17.4. The van der Waals surface area contributed by atoms with E-state index in [9.17, 15) is 0 Å². The van der Waals surface area contributed by atoms with Crippen molar-refractivity contribution in [3.05, 3.63) is 0 Å². The Hall–Kier alpha value is 0. The van der Waals surface area contributed by atoms with E-state index < -0.39 is 0 Å². The van der Waals surface area contributed by atoms with Crippen LogP contribution in [0.25, 0.3) is 0 Å². The van der Waals surface area contributed by atoms with Gasteiger partial charge in [0.2, 0.25) is 0 Å². The summed E-state index contributed by atoms with van der Waals surface area (Å²) in [5.74, 6) is 4.85. The fraction of sp³-hybridized carbons (Fsp3) is 1.00. The fourth-order valence-corrected chi connectivity index (χ4v) is 5.58. The molecule has 2 fully saturated rings. The molecule has 0 aliphatic heterocycles. The molecular weight excluding hydrogens is 228 g/mol. The third kappa shape index (κ3) is 3.19. The second-order valence-electron chi connectivity index (χ2n) is 9.50. The van der Waals surface area contributed by atoms with E-state index in [0.29, 0.717) is 10.8 Å². The molecule has 19 heavy (non-hydrogen) atoms. The van der Waals surface area contributed by atoms with Crippen molar-refractivity contribution in [3.63, 3.8) is 0 Å². The Bertz CT molecular complexity index is 312. The minimum atomic E-state index is 0.589. The Morgan fingerprint density at radius 3 is 1.89 bits per heavy atom. The van der Waals surface area contributed by atoms with Gasteiger partial charge in [-0.25, -0.2) is 0 Å². The van der Waals surface area contributed by atoms with Gasteiger partial charge in [0.05, 0.1) is 0 Å². The van der Waals surface area contributed by atoms with Gasteiger partial charge in [0.25, 0.3) is 0 Å². The summed E-state index contributed by atoms with van der Waals surface area (Å²) in [7, 11) is 0. The highest BCUT2D eigenvalue weighted by Crippen LogP contribution is 2.58. The van der Waals surface area contributed by atoms with E-state index in [2.05, 4.69) is 48.5 Å². The highest BCUT2D eigenvalue weighted by atomic mass is 14.5. The summed E-state index contributed by atoms with van der Waals surface area (Å²) in [5.41, 5.74) is 1.18. The predicted molar refractivity (Wildman–Crippen MR) is 85.1 cm³/mol. The van der Waals surface area contributed by atoms with Crippen molar-refractivity contribution in [1.82, 2.24) is 0 Å². The molecule has 0 aromatic carbocycles. The van der Waals surface area contributed by atoms with E-state index in [-0.39, 0.29) is 0 Å². The third-order valence-electron chi connectivity index (χ3n) is 6.45. The van der Waals surface area contributed by atoms with Crippen LogP contribution in [0.3, 0.4) is 0 Å². The Labute approximate surface area is 121 Å². The van der Waals surface area contributed by atoms with Crippen molar-refractivity contribution in [1.29, 1.82) is 0 Å². The summed E-state index contributed by atoms with van der Waals surface area (Å²) >= 11 is 0. The summed E-state index contributed by atoms with van der Waals surface area (Å²) < 4.78 is 0. The molecule has 5 atom stereocenters. The SMILES string of the molecule is CCC(C)C1CC(C)(C)CC1C1CC(C)(C)CC1C. The van der Waals surface area contributed by atoms with Crippen LogP contribution in [0, 0.1) is 40.4 Å². The first kappa shape index (κ1) is 15.4. The van der Waals surface area contributed by atoms with Crippen molar-refractivity contribution in [2.24, 2.45) is 40.4 Å². The molecule has 0 radical (unpaired) electrons. The van der Waals surface area contributed by atoms with Crippen LogP contribution in [0.1, 0.15) is 80.6 Å². The largest absolute Gasteiger partial charge is 0.0651 e. The highest BCUT2D eigenvalue weighted by molar-refractivity contribution is 4.99. The first-order valence-corrected chi connectivity index (χ1v) is 8.65. The zero-order valence-corrected chi connectivity index (χ0v) is 14.4. The second kappa shape index (κ2) is 5.08. The molecule has 5 unspecified atom stereocenters. The monoisotopic (exact) mass is 264 g/mol. The molecule has 0 heteroatoms. The van der Waals surface area contributed by atoms with Crippen LogP contribution in [0.15, 0.2) is 0 Å². The van der Waals surface area contributed by atoms with Gasteiger partial charge in [-0.05, 0) is 66.1 Å². The number of rotatable bonds is 3. The van der Waals surface area contributed by atoms with E-state index in [1.807, 2.05) is 0 Å². The topological polar surface area (TPSA) is 0 Å². The number of hydrogen-bond donors (Lipinski definition) is 0. The lowest BCUT2D eigenvalue weighted by Crippen LogP contribution is -2.25. The van der Waals surface area contributed by atoms with Gasteiger partial charge in [0.1, 0.15) is 0 Å². The molecule has 0 spiro atoms. The third-order valence-corrected chi connectivity index (χ3v) is 6.45. The van der Waals surface area contributed by atoms with Crippen LogP contribution in [-0.4, -0.2) is 0 Å². The van der Waals surface area contributed by atoms with Crippen LogP contribution in [0.2, 0.25) is 0 Å². The van der Waals surface area contributed by atoms with Crippen molar-refractivity contribution in [2.45, 2.75) is 80.6 Å². The van der Waals surface area contributed by atoms with Gasteiger partial charge in [0.15, 0.2) is 0 Å². The second-order valence-corrected chi connectivity index (χ2v) is 9.50. The first-order valence-electron chi connectivity index (χ1n) is 8.65. The summed E-state index contributed by atoms with van der Waals surface area (Å²) in [4.78, 5) is 0. The molecule has 2 aliphatic rings. The standard InChI is InChI=1S/C19H36/c1-8-13(2)15-10-19(6,7)12-17(15)16-11-18(4,5)9-14(16)3/h13-17H,8-12H2,1-7H3. The smallest absolute Gasteiger partial charge is 0.0347 e. The van der Waals surface area contributed by atoms with Crippen LogP contribution in [0.5, 0.6) is 0 Å². The van der Waals surface area contributed by atoms with Gasteiger partial charge in [0, 0.05) is 0 Å². The molecule has 2 aliphatic carbocycles. The maximum atomic E-state index is 2.53. The summed E-state index contributed by atoms with van der Waals surface area (Å²) in [5, 5.41) is 0. The van der Waals surface area contributed by atoms with E-state index in [1.165, 1.54) is 32.1 Å². The van der Waals surface area contributed by atoms with E-state index in [1.54, 1.807) is 0 Å². The quantitative estimate of drug-likeness (QED) is 0.573. The Balaban J connectivity index is 2.17. The van der Waals surface area contributed by atoms with E-state index in [0.717, 1.165) is 29.6 Å². The van der Waals surface area contributed by atoms with Crippen LogP contribution >= 0.6 is 0 Å². The Kier molecular flexibility index (Phi) is 4.11. The molecule has 0 bridgehead atoms. The van der Waals surface area contributed by atoms with Crippen molar-refractivity contribution < 1.29 is 0 Å². The number of hydrogen-bond acceptors (Lipinski definition) is 0. The van der Waals surface area contributed by atoms with Crippen molar-refractivity contribution in [2.75, 3.05) is 0 Å². The molecule has 0 N–H and O–H groups in total. The van der Waals surface area contributed by atoms with Crippen molar-refractivity contribution in [3.8, 4) is 0 Å². The average molecular weight is 264 g/mol. The van der Waals surface area contributed by atoms with E-state index in [4.69, 9.17) is 0 Å². The normalized spacial score (nSPS) is 42.5. The Morgan fingerprint density at radius 2 is 1.42 bits per heavy atom. The maximum Gasteiger partial charge on any atom is -0.0347 e. The zero-order valence-electron chi connectivity index (χ0n) is 14.4.